The Morgan fingerprint density at radius 2 is 2.20 bits per heavy atom. The zero-order chi connectivity index (χ0) is 13.7. The number of piperidine rings is 1. The third-order valence-corrected chi connectivity index (χ3v) is 6.22. The minimum absolute atomic E-state index is 0.367. The van der Waals surface area contributed by atoms with Crippen molar-refractivity contribution in [1.82, 2.24) is 5.32 Å². The summed E-state index contributed by atoms with van der Waals surface area (Å²) in [4.78, 5) is 0. The maximum Gasteiger partial charge on any atom is 0.119 e. The molecule has 2 nitrogen and oxygen atoms in total. The molecule has 2 bridgehead atoms. The van der Waals surface area contributed by atoms with E-state index in [1.807, 2.05) is 0 Å². The van der Waals surface area contributed by atoms with E-state index in [2.05, 4.69) is 24.4 Å². The molecule has 1 aromatic rings. The fourth-order valence-corrected chi connectivity index (χ4v) is 5.31. The van der Waals surface area contributed by atoms with E-state index in [1.54, 1.807) is 0 Å². The monoisotopic (exact) mass is 271 g/mol. The number of aryl methyl sites for hydroxylation is 1. The van der Waals surface area contributed by atoms with Crippen molar-refractivity contribution < 1.29 is 5.11 Å². The summed E-state index contributed by atoms with van der Waals surface area (Å²) in [6, 6.07) is 5.09. The molecule has 4 rings (SSSR count). The molecule has 1 heterocycles. The van der Waals surface area contributed by atoms with E-state index in [1.165, 1.54) is 43.2 Å². The topological polar surface area (TPSA) is 32.3 Å². The molecule has 2 aliphatic carbocycles. The highest BCUT2D eigenvalue weighted by molar-refractivity contribution is 5.49. The van der Waals surface area contributed by atoms with Crippen LogP contribution >= 0.6 is 0 Å². The highest BCUT2D eigenvalue weighted by Gasteiger charge is 2.51. The molecule has 2 heteroatoms. The highest BCUT2D eigenvalue weighted by Crippen LogP contribution is 2.54. The Morgan fingerprint density at radius 1 is 1.30 bits per heavy atom. The molecule has 0 spiro atoms. The molecule has 1 saturated heterocycles. The van der Waals surface area contributed by atoms with Crippen LogP contribution in [0.25, 0.3) is 0 Å². The summed E-state index contributed by atoms with van der Waals surface area (Å²) >= 11 is 0. The second-order valence-electron chi connectivity index (χ2n) is 7.01. The second kappa shape index (κ2) is 4.49. The molecule has 0 amide bonds. The van der Waals surface area contributed by atoms with Gasteiger partial charge in [-0.1, -0.05) is 25.8 Å². The van der Waals surface area contributed by atoms with E-state index in [0.717, 1.165) is 30.9 Å². The Balaban J connectivity index is 1.89. The Hall–Kier alpha value is -1.02. The minimum atomic E-state index is 0.367. The van der Waals surface area contributed by atoms with Crippen molar-refractivity contribution >= 4 is 0 Å². The lowest BCUT2D eigenvalue weighted by Gasteiger charge is -2.56. The van der Waals surface area contributed by atoms with Crippen LogP contribution in [0.2, 0.25) is 0 Å². The Morgan fingerprint density at radius 3 is 3.05 bits per heavy atom. The SMILES string of the molecule is CCc1cc2c(cc1O)[C@]13CCCC[C@@H]1[C@H](C2)NCC3. The van der Waals surface area contributed by atoms with Gasteiger partial charge in [0.1, 0.15) is 5.75 Å². The summed E-state index contributed by atoms with van der Waals surface area (Å²) in [5.74, 6) is 1.33. The number of nitrogens with one attached hydrogen (secondary N) is 1. The molecule has 2 N–H and O–H groups in total. The van der Waals surface area contributed by atoms with Crippen molar-refractivity contribution in [3.63, 3.8) is 0 Å². The zero-order valence-corrected chi connectivity index (χ0v) is 12.4. The van der Waals surface area contributed by atoms with Crippen LogP contribution in [0, 0.1) is 5.92 Å². The maximum absolute atomic E-state index is 10.3. The largest absolute Gasteiger partial charge is 0.508 e. The Bertz CT molecular complexity index is 534. The average Bonchev–Trinajstić information content (AvgIpc) is 2.48. The molecular formula is C18H25NO. The van der Waals surface area contributed by atoms with Gasteiger partial charge in [0.05, 0.1) is 0 Å². The molecule has 1 aromatic carbocycles. The summed E-state index contributed by atoms with van der Waals surface area (Å²) < 4.78 is 0. The van der Waals surface area contributed by atoms with Crippen molar-refractivity contribution in [2.75, 3.05) is 6.54 Å². The van der Waals surface area contributed by atoms with Gasteiger partial charge in [0.15, 0.2) is 0 Å². The summed E-state index contributed by atoms with van der Waals surface area (Å²) in [5.41, 5.74) is 4.49. The molecule has 0 unspecified atom stereocenters. The van der Waals surface area contributed by atoms with E-state index >= 15 is 0 Å². The quantitative estimate of drug-likeness (QED) is 0.821. The first kappa shape index (κ1) is 12.7. The van der Waals surface area contributed by atoms with Crippen molar-refractivity contribution in [2.24, 2.45) is 5.92 Å². The normalized spacial score (nSPS) is 35.2. The van der Waals surface area contributed by atoms with Crippen molar-refractivity contribution in [1.29, 1.82) is 0 Å². The van der Waals surface area contributed by atoms with E-state index in [4.69, 9.17) is 0 Å². The molecule has 0 radical (unpaired) electrons. The van der Waals surface area contributed by atoms with Gasteiger partial charge in [0.2, 0.25) is 0 Å². The summed E-state index contributed by atoms with van der Waals surface area (Å²) in [5, 5.41) is 14.1. The highest BCUT2D eigenvalue weighted by atomic mass is 16.3. The number of fused-ring (bicyclic) bond motifs is 1. The van der Waals surface area contributed by atoms with Crippen LogP contribution < -0.4 is 5.32 Å². The summed E-state index contributed by atoms with van der Waals surface area (Å²) in [6.07, 6.45) is 8.79. The van der Waals surface area contributed by atoms with Gasteiger partial charge in [0, 0.05) is 11.5 Å². The lowest BCUT2D eigenvalue weighted by atomic mass is 9.52. The van der Waals surface area contributed by atoms with Gasteiger partial charge >= 0.3 is 0 Å². The summed E-state index contributed by atoms with van der Waals surface area (Å²) in [6.45, 7) is 3.28. The lowest BCUT2D eigenvalue weighted by Crippen LogP contribution is -2.59. The Labute approximate surface area is 121 Å². The number of benzene rings is 1. The third-order valence-electron chi connectivity index (χ3n) is 6.22. The number of phenolic OH excluding ortho intramolecular Hbond substituents is 1. The molecule has 1 aliphatic heterocycles. The number of aromatic hydroxyl groups is 1. The van der Waals surface area contributed by atoms with E-state index in [9.17, 15) is 5.11 Å². The molecule has 3 atom stereocenters. The standard InChI is InChI=1S/C18H25NO/c1-2-12-9-13-10-16-14-5-3-4-6-18(14,7-8-19-16)15(13)11-17(12)20/h9,11,14,16,19-20H,2-8,10H2,1H3/t14-,16+,18+/m1/s1. The first-order valence-corrected chi connectivity index (χ1v) is 8.33. The smallest absolute Gasteiger partial charge is 0.119 e. The van der Waals surface area contributed by atoms with Gasteiger partial charge < -0.3 is 10.4 Å². The third kappa shape index (κ3) is 1.60. The number of rotatable bonds is 1. The predicted molar refractivity (Wildman–Crippen MR) is 81.2 cm³/mol. The van der Waals surface area contributed by atoms with Crippen LogP contribution in [-0.2, 0) is 18.3 Å². The van der Waals surface area contributed by atoms with Crippen LogP contribution in [0.3, 0.4) is 0 Å². The first-order valence-electron chi connectivity index (χ1n) is 8.33. The Kier molecular flexibility index (Phi) is 2.85. The second-order valence-corrected chi connectivity index (χ2v) is 7.01. The van der Waals surface area contributed by atoms with Crippen LogP contribution in [0.4, 0.5) is 0 Å². The number of hydrogen-bond acceptors (Lipinski definition) is 2. The van der Waals surface area contributed by atoms with Gasteiger partial charge in [-0.2, -0.15) is 0 Å². The molecule has 1 saturated carbocycles. The molecule has 108 valence electrons. The van der Waals surface area contributed by atoms with Gasteiger partial charge in [-0.3, -0.25) is 0 Å². The van der Waals surface area contributed by atoms with E-state index in [-0.39, 0.29) is 0 Å². The fourth-order valence-electron chi connectivity index (χ4n) is 5.31. The van der Waals surface area contributed by atoms with Gasteiger partial charge in [-0.15, -0.1) is 0 Å². The predicted octanol–water partition coefficient (Wildman–Crippen LogP) is 3.30. The number of phenols is 1. The molecule has 20 heavy (non-hydrogen) atoms. The van der Waals surface area contributed by atoms with E-state index < -0.39 is 0 Å². The summed E-state index contributed by atoms with van der Waals surface area (Å²) in [7, 11) is 0. The maximum atomic E-state index is 10.3. The minimum Gasteiger partial charge on any atom is -0.508 e. The van der Waals surface area contributed by atoms with Crippen molar-refractivity contribution in [3.05, 3.63) is 28.8 Å². The van der Waals surface area contributed by atoms with Crippen molar-refractivity contribution in [3.8, 4) is 5.75 Å². The van der Waals surface area contributed by atoms with Crippen molar-refractivity contribution in [2.45, 2.75) is 63.3 Å². The van der Waals surface area contributed by atoms with Crippen LogP contribution in [0.15, 0.2) is 12.1 Å². The molecular weight excluding hydrogens is 246 g/mol. The van der Waals surface area contributed by atoms with Gasteiger partial charge in [-0.25, -0.2) is 0 Å². The lowest BCUT2D eigenvalue weighted by molar-refractivity contribution is 0.0795. The molecule has 3 aliphatic rings. The van der Waals surface area contributed by atoms with Gasteiger partial charge in [0.25, 0.3) is 0 Å². The zero-order valence-electron chi connectivity index (χ0n) is 12.4. The van der Waals surface area contributed by atoms with Crippen LogP contribution in [-0.4, -0.2) is 17.7 Å². The molecule has 0 aromatic heterocycles. The van der Waals surface area contributed by atoms with Gasteiger partial charge in [-0.05, 0) is 67.3 Å². The molecule has 2 fully saturated rings. The van der Waals surface area contributed by atoms with Crippen LogP contribution in [0.5, 0.6) is 5.75 Å². The number of hydrogen-bond donors (Lipinski definition) is 2. The van der Waals surface area contributed by atoms with Crippen LogP contribution in [0.1, 0.15) is 55.7 Å². The average molecular weight is 271 g/mol. The first-order chi connectivity index (χ1) is 9.74. The fraction of sp³-hybridized carbons (Fsp3) is 0.667. The van der Waals surface area contributed by atoms with E-state index in [0.29, 0.717) is 17.2 Å².